The van der Waals surface area contributed by atoms with E-state index < -0.39 is 0 Å². The van der Waals surface area contributed by atoms with Gasteiger partial charge in [0, 0.05) is 24.0 Å². The summed E-state index contributed by atoms with van der Waals surface area (Å²) in [7, 11) is 0. The van der Waals surface area contributed by atoms with Crippen molar-refractivity contribution in [2.45, 2.75) is 33.2 Å². The highest BCUT2D eigenvalue weighted by molar-refractivity contribution is 6.10. The number of rotatable bonds is 3. The zero-order chi connectivity index (χ0) is 16.7. The Hall–Kier alpha value is -2.68. The molecule has 0 N–H and O–H groups in total. The van der Waals surface area contributed by atoms with Crippen molar-refractivity contribution in [2.24, 2.45) is 4.99 Å². The summed E-state index contributed by atoms with van der Waals surface area (Å²) in [6, 6.07) is 15.4. The zero-order valence-electron chi connectivity index (χ0n) is 14.3. The molecule has 0 aliphatic carbocycles. The highest BCUT2D eigenvalue weighted by atomic mass is 15.3. The maximum absolute atomic E-state index is 4.68. The molecule has 0 radical (unpaired) electrons. The molecule has 0 saturated heterocycles. The Morgan fingerprint density at radius 2 is 1.92 bits per heavy atom. The molecule has 1 aliphatic heterocycles. The second-order valence-electron chi connectivity index (χ2n) is 6.68. The average Bonchev–Trinajstić information content (AvgIpc) is 3.21. The number of aliphatic imine (C=N–C) groups is 1. The monoisotopic (exact) mass is 315 g/mol. The number of hydrogen-bond acceptors (Lipinski definition) is 2. The highest BCUT2D eigenvalue weighted by Crippen LogP contribution is 2.29. The number of hydrogen-bond donors (Lipinski definition) is 0. The normalized spacial score (nSPS) is 14.3. The van der Waals surface area contributed by atoms with Crippen molar-refractivity contribution in [3.05, 3.63) is 71.6 Å². The molecule has 0 bridgehead atoms. The molecule has 0 saturated carbocycles. The molecule has 0 fully saturated rings. The molecular weight excluding hydrogens is 294 g/mol. The van der Waals surface area contributed by atoms with E-state index in [0.717, 1.165) is 12.1 Å². The van der Waals surface area contributed by atoms with Crippen molar-refractivity contribution in [1.82, 2.24) is 9.78 Å². The Kier molecular flexibility index (Phi) is 3.57. The van der Waals surface area contributed by atoms with Gasteiger partial charge in [-0.1, -0.05) is 30.3 Å². The van der Waals surface area contributed by atoms with Gasteiger partial charge in [0.25, 0.3) is 0 Å². The van der Waals surface area contributed by atoms with Crippen LogP contribution in [-0.2, 0) is 0 Å². The van der Waals surface area contributed by atoms with Gasteiger partial charge >= 0.3 is 0 Å². The predicted molar refractivity (Wildman–Crippen MR) is 100 cm³/mol. The number of allylic oxidation sites excluding steroid dienone is 1. The van der Waals surface area contributed by atoms with Gasteiger partial charge in [-0.2, -0.15) is 5.10 Å². The van der Waals surface area contributed by atoms with Crippen LogP contribution in [-0.4, -0.2) is 15.5 Å². The summed E-state index contributed by atoms with van der Waals surface area (Å²) < 4.78 is 2.06. The largest absolute Gasteiger partial charge is 0.262 e. The second kappa shape index (κ2) is 5.75. The molecule has 3 nitrogen and oxygen atoms in total. The number of aryl methyl sites for hydroxylation is 1. The fourth-order valence-electron chi connectivity index (χ4n) is 3.35. The SMILES string of the molecule is Cc1ccccc1C1=CN=C(c2ccc3c(cnn3C(C)C)c2)C1. The lowest BCUT2D eigenvalue weighted by molar-refractivity contribution is 0.551. The van der Waals surface area contributed by atoms with Crippen LogP contribution in [0.2, 0.25) is 0 Å². The predicted octanol–water partition coefficient (Wildman–Crippen LogP) is 5.16. The van der Waals surface area contributed by atoms with Gasteiger partial charge in [0.1, 0.15) is 0 Å². The summed E-state index contributed by atoms with van der Waals surface area (Å²) in [6.45, 7) is 6.46. The summed E-state index contributed by atoms with van der Waals surface area (Å²) >= 11 is 0. The van der Waals surface area contributed by atoms with E-state index in [9.17, 15) is 0 Å². The van der Waals surface area contributed by atoms with E-state index in [1.807, 2.05) is 12.4 Å². The van der Waals surface area contributed by atoms with E-state index in [1.54, 1.807) is 0 Å². The van der Waals surface area contributed by atoms with Gasteiger partial charge in [-0.15, -0.1) is 0 Å². The third-order valence-corrected chi connectivity index (χ3v) is 4.64. The molecule has 0 spiro atoms. The van der Waals surface area contributed by atoms with Crippen LogP contribution in [0.3, 0.4) is 0 Å². The second-order valence-corrected chi connectivity index (χ2v) is 6.68. The summed E-state index contributed by atoms with van der Waals surface area (Å²) in [4.78, 5) is 4.68. The Morgan fingerprint density at radius 3 is 2.71 bits per heavy atom. The van der Waals surface area contributed by atoms with E-state index in [1.165, 1.54) is 33.2 Å². The molecule has 0 atom stereocenters. The van der Waals surface area contributed by atoms with Crippen molar-refractivity contribution >= 4 is 22.2 Å². The summed E-state index contributed by atoms with van der Waals surface area (Å²) in [5.74, 6) is 0. The van der Waals surface area contributed by atoms with Gasteiger partial charge in [-0.3, -0.25) is 9.67 Å². The quantitative estimate of drug-likeness (QED) is 0.656. The van der Waals surface area contributed by atoms with Crippen molar-refractivity contribution < 1.29 is 0 Å². The van der Waals surface area contributed by atoms with Gasteiger partial charge in [-0.05, 0) is 55.2 Å². The van der Waals surface area contributed by atoms with Crippen molar-refractivity contribution in [3.63, 3.8) is 0 Å². The molecule has 1 aromatic heterocycles. The van der Waals surface area contributed by atoms with Crippen molar-refractivity contribution in [2.75, 3.05) is 0 Å². The summed E-state index contributed by atoms with van der Waals surface area (Å²) in [5, 5.41) is 5.67. The smallest absolute Gasteiger partial charge is 0.0685 e. The maximum Gasteiger partial charge on any atom is 0.0685 e. The fraction of sp³-hybridized carbons (Fsp3) is 0.238. The molecule has 2 heterocycles. The summed E-state index contributed by atoms with van der Waals surface area (Å²) in [5.41, 5.74) is 7.39. The Morgan fingerprint density at radius 1 is 1.08 bits per heavy atom. The van der Waals surface area contributed by atoms with Crippen molar-refractivity contribution in [3.8, 4) is 0 Å². The average molecular weight is 315 g/mol. The molecule has 0 unspecified atom stereocenters. The highest BCUT2D eigenvalue weighted by Gasteiger charge is 2.16. The Bertz CT molecular complexity index is 974. The first kappa shape index (κ1) is 14.9. The fourth-order valence-corrected chi connectivity index (χ4v) is 3.35. The van der Waals surface area contributed by atoms with E-state index in [-0.39, 0.29) is 0 Å². The lowest BCUT2D eigenvalue weighted by atomic mass is 9.96. The summed E-state index contributed by atoms with van der Waals surface area (Å²) in [6.07, 6.45) is 4.85. The van der Waals surface area contributed by atoms with Crippen LogP contribution in [0.25, 0.3) is 16.5 Å². The molecule has 120 valence electrons. The number of aromatic nitrogens is 2. The topological polar surface area (TPSA) is 30.2 Å². The maximum atomic E-state index is 4.68. The number of nitrogens with zero attached hydrogens (tertiary/aromatic N) is 3. The lowest BCUT2D eigenvalue weighted by Gasteiger charge is -2.09. The first-order valence-corrected chi connectivity index (χ1v) is 8.43. The van der Waals surface area contributed by atoms with Gasteiger partial charge in [0.15, 0.2) is 0 Å². The van der Waals surface area contributed by atoms with Crippen molar-refractivity contribution in [1.29, 1.82) is 0 Å². The number of benzene rings is 2. The van der Waals surface area contributed by atoms with Crippen LogP contribution in [0.1, 0.15) is 43.0 Å². The van der Waals surface area contributed by atoms with E-state index in [4.69, 9.17) is 0 Å². The van der Waals surface area contributed by atoms with Crippen LogP contribution in [0, 0.1) is 6.92 Å². The minimum Gasteiger partial charge on any atom is -0.262 e. The minimum absolute atomic E-state index is 0.367. The van der Waals surface area contributed by atoms with Crippen LogP contribution < -0.4 is 0 Å². The van der Waals surface area contributed by atoms with E-state index >= 15 is 0 Å². The molecule has 1 aliphatic rings. The van der Waals surface area contributed by atoms with E-state index in [0.29, 0.717) is 6.04 Å². The Balaban J connectivity index is 1.62. The minimum atomic E-state index is 0.367. The first-order valence-electron chi connectivity index (χ1n) is 8.43. The molecule has 0 amide bonds. The molecule has 2 aromatic carbocycles. The third-order valence-electron chi connectivity index (χ3n) is 4.64. The lowest BCUT2D eigenvalue weighted by Crippen LogP contribution is -2.02. The zero-order valence-corrected chi connectivity index (χ0v) is 14.3. The molecule has 24 heavy (non-hydrogen) atoms. The number of fused-ring (bicyclic) bond motifs is 1. The Labute approximate surface area is 142 Å². The van der Waals surface area contributed by atoms with Gasteiger partial charge in [0.2, 0.25) is 0 Å². The first-order chi connectivity index (χ1) is 11.6. The molecular formula is C21H21N3. The van der Waals surface area contributed by atoms with Crippen LogP contribution >= 0.6 is 0 Å². The third kappa shape index (κ3) is 2.46. The standard InChI is InChI=1S/C21H21N3/c1-14(2)24-21-9-8-16(10-18(21)13-23-24)20-11-17(12-22-20)19-7-5-4-6-15(19)3/h4-10,12-14H,11H2,1-3H3. The van der Waals surface area contributed by atoms with Crippen LogP contribution in [0.15, 0.2) is 59.9 Å². The van der Waals surface area contributed by atoms with Gasteiger partial charge in [0.05, 0.1) is 17.4 Å². The van der Waals surface area contributed by atoms with E-state index in [2.05, 4.69) is 78.0 Å². The molecule has 3 heteroatoms. The molecule has 3 aromatic rings. The van der Waals surface area contributed by atoms with Gasteiger partial charge in [-0.25, -0.2) is 0 Å². The van der Waals surface area contributed by atoms with Gasteiger partial charge < -0.3 is 0 Å². The van der Waals surface area contributed by atoms with Crippen LogP contribution in [0.4, 0.5) is 0 Å². The van der Waals surface area contributed by atoms with Crippen LogP contribution in [0.5, 0.6) is 0 Å². The molecule has 4 rings (SSSR count).